The molecule has 0 fully saturated rings. The molecule has 12 heteroatoms. The van der Waals surface area contributed by atoms with Crippen molar-refractivity contribution < 1.29 is 19.5 Å². The molecule has 0 saturated carbocycles. The second kappa shape index (κ2) is 11.0. The van der Waals surface area contributed by atoms with Crippen LogP contribution in [0.5, 0.6) is 0 Å². The number of rotatable bonds is 8. The number of aliphatic carboxylic acids is 1. The molecule has 182 valence electrons. The lowest BCUT2D eigenvalue weighted by Gasteiger charge is -2.39. The number of Topliss-reactive ketones (excluding diaryl/α,β-unsaturated/α-hetero) is 1. The number of carbonyl (C=O) groups is 3. The molecule has 0 aromatic carbocycles. The van der Waals surface area contributed by atoms with Gasteiger partial charge in [-0.2, -0.15) is 0 Å². The van der Waals surface area contributed by atoms with Gasteiger partial charge in [0.05, 0.1) is 37.4 Å². The van der Waals surface area contributed by atoms with Crippen LogP contribution in [-0.4, -0.2) is 38.8 Å². The summed E-state index contributed by atoms with van der Waals surface area (Å²) in [5.74, 6) is -2.16. The van der Waals surface area contributed by atoms with Gasteiger partial charge < -0.3 is 15.7 Å². The summed E-state index contributed by atoms with van der Waals surface area (Å²) in [7, 11) is 0. The Morgan fingerprint density at radius 3 is 2.26 bits per heavy atom. The average Bonchev–Trinajstić information content (AvgIpc) is 2.76. The zero-order chi connectivity index (χ0) is 24.5. The fourth-order valence-electron chi connectivity index (χ4n) is 3.58. The van der Waals surface area contributed by atoms with Crippen LogP contribution in [0, 0.1) is 5.41 Å². The van der Waals surface area contributed by atoms with Crippen LogP contribution < -0.4 is 10.6 Å². The molecule has 8 nitrogen and oxygen atoms in total. The average molecular weight is 593 g/mol. The van der Waals surface area contributed by atoms with E-state index in [0.29, 0.717) is 28.0 Å². The Morgan fingerprint density at radius 2 is 1.79 bits per heavy atom. The number of carboxylic acid groups (broad SMARTS) is 1. The number of allylic oxidation sites excluding steroid dienone is 2. The molecule has 1 amide bonds. The van der Waals surface area contributed by atoms with Crippen LogP contribution in [0.3, 0.4) is 0 Å². The van der Waals surface area contributed by atoms with Crippen LogP contribution >= 0.6 is 51.5 Å². The molecule has 34 heavy (non-hydrogen) atoms. The lowest BCUT2D eigenvalue weighted by molar-refractivity contribution is -0.140. The van der Waals surface area contributed by atoms with Gasteiger partial charge in [-0.1, -0.05) is 30.1 Å². The molecule has 0 bridgehead atoms. The van der Waals surface area contributed by atoms with E-state index in [4.69, 9.17) is 23.2 Å². The normalized spacial score (nSPS) is 16.1. The summed E-state index contributed by atoms with van der Waals surface area (Å²) in [4.78, 5) is 44.9. The maximum Gasteiger partial charge on any atom is 0.326 e. The molecular weight excluding hydrogens is 571 g/mol. The number of hydrogen-bond donors (Lipinski definition) is 3. The highest BCUT2D eigenvalue weighted by molar-refractivity contribution is 9.12. The SMILES string of the molecule is CCC(c1ccc(NC(=O)c2c(Cl)cncc2Cl)cn1)[C@H](NC1=C(Br)C(=O)C1(C)C)C(=O)O.Cl. The van der Waals surface area contributed by atoms with Crippen molar-refractivity contribution in [3.63, 3.8) is 0 Å². The number of aromatic nitrogens is 2. The molecule has 0 saturated heterocycles. The molecule has 2 atom stereocenters. The number of carboxylic acids is 1. The van der Waals surface area contributed by atoms with Gasteiger partial charge in [0.15, 0.2) is 5.78 Å². The van der Waals surface area contributed by atoms with E-state index in [2.05, 4.69) is 36.5 Å². The van der Waals surface area contributed by atoms with Crippen molar-refractivity contribution in [3.8, 4) is 0 Å². The highest BCUT2D eigenvalue weighted by Crippen LogP contribution is 2.44. The minimum absolute atomic E-state index is 0. The van der Waals surface area contributed by atoms with Gasteiger partial charge in [-0.05, 0) is 48.3 Å². The third-order valence-electron chi connectivity index (χ3n) is 5.52. The summed E-state index contributed by atoms with van der Waals surface area (Å²) < 4.78 is 0.355. The molecule has 0 spiro atoms. The first kappa shape index (κ1) is 28.0. The van der Waals surface area contributed by atoms with Gasteiger partial charge in [0.25, 0.3) is 5.91 Å². The van der Waals surface area contributed by atoms with Crippen molar-refractivity contribution in [2.45, 2.75) is 39.2 Å². The molecule has 1 unspecified atom stereocenters. The Kier molecular flexibility index (Phi) is 9.10. The van der Waals surface area contributed by atoms with Crippen LogP contribution in [-0.2, 0) is 9.59 Å². The molecule has 2 aromatic heterocycles. The Balaban J connectivity index is 0.00000408. The first-order valence-corrected chi connectivity index (χ1v) is 11.5. The topological polar surface area (TPSA) is 121 Å². The van der Waals surface area contributed by atoms with Crippen LogP contribution in [0.15, 0.2) is 40.9 Å². The second-order valence-corrected chi connectivity index (χ2v) is 9.63. The first-order valence-electron chi connectivity index (χ1n) is 9.99. The zero-order valence-electron chi connectivity index (χ0n) is 18.4. The molecule has 3 rings (SSSR count). The molecule has 0 aliphatic heterocycles. The third-order valence-corrected chi connectivity index (χ3v) is 6.85. The molecule has 0 radical (unpaired) electrons. The predicted molar refractivity (Wildman–Crippen MR) is 136 cm³/mol. The number of hydrogen-bond acceptors (Lipinski definition) is 6. The van der Waals surface area contributed by atoms with E-state index in [1.54, 1.807) is 26.0 Å². The smallest absolute Gasteiger partial charge is 0.326 e. The number of halogens is 4. The number of nitrogens with zero attached hydrogens (tertiary/aromatic N) is 2. The van der Waals surface area contributed by atoms with Crippen molar-refractivity contribution in [2.24, 2.45) is 5.41 Å². The largest absolute Gasteiger partial charge is 0.480 e. The number of anilines is 1. The van der Waals surface area contributed by atoms with Crippen molar-refractivity contribution in [1.82, 2.24) is 15.3 Å². The molecular formula is C22H22BrCl3N4O4. The third kappa shape index (κ3) is 5.38. The Bertz CT molecular complexity index is 1140. The summed E-state index contributed by atoms with van der Waals surface area (Å²) in [6.45, 7) is 5.33. The van der Waals surface area contributed by atoms with Crippen molar-refractivity contribution in [2.75, 3.05) is 5.32 Å². The van der Waals surface area contributed by atoms with E-state index in [1.165, 1.54) is 18.6 Å². The van der Waals surface area contributed by atoms with Gasteiger partial charge in [0.1, 0.15) is 6.04 Å². The van der Waals surface area contributed by atoms with Gasteiger partial charge in [-0.25, -0.2) is 4.79 Å². The van der Waals surface area contributed by atoms with Gasteiger partial charge in [0, 0.05) is 29.7 Å². The Labute approximate surface area is 221 Å². The van der Waals surface area contributed by atoms with Crippen LogP contribution in [0.2, 0.25) is 10.0 Å². The quantitative estimate of drug-likeness (QED) is 0.385. The van der Waals surface area contributed by atoms with Crippen molar-refractivity contribution >= 4 is 74.9 Å². The van der Waals surface area contributed by atoms with Gasteiger partial charge in [-0.3, -0.25) is 19.6 Å². The van der Waals surface area contributed by atoms with E-state index in [-0.39, 0.29) is 33.8 Å². The maximum atomic E-state index is 12.5. The number of nitrogens with one attached hydrogen (secondary N) is 2. The lowest BCUT2D eigenvalue weighted by Crippen LogP contribution is -2.51. The fourth-order valence-corrected chi connectivity index (χ4v) is 5.23. The Hall–Kier alpha value is -2.20. The van der Waals surface area contributed by atoms with Gasteiger partial charge in [-0.15, -0.1) is 12.4 Å². The summed E-state index contributed by atoms with van der Waals surface area (Å²) >= 11 is 15.3. The Morgan fingerprint density at radius 1 is 1.18 bits per heavy atom. The first-order chi connectivity index (χ1) is 15.5. The number of ketones is 1. The number of pyridine rings is 2. The standard InChI is InChI=1S/C22H21BrCl2N4O4.ClH/c1-4-11(17(21(32)33)29-18-16(23)19(30)22(18,2)3)14-6-5-10(7-27-14)28-20(31)15-12(24)8-26-9-13(15)25;/h5-9,11,17,29H,4H2,1-3H3,(H,28,31)(H,32,33);1H/t11?,17-;/m0./s1. The number of amides is 1. The van der Waals surface area contributed by atoms with E-state index in [9.17, 15) is 19.5 Å². The molecule has 2 aromatic rings. The molecule has 3 N–H and O–H groups in total. The van der Waals surface area contributed by atoms with Crippen LogP contribution in [0.25, 0.3) is 0 Å². The maximum absolute atomic E-state index is 12.5. The number of carbonyl (C=O) groups excluding carboxylic acids is 2. The molecule has 1 aliphatic rings. The van der Waals surface area contributed by atoms with E-state index >= 15 is 0 Å². The fraction of sp³-hybridized carbons (Fsp3) is 0.318. The van der Waals surface area contributed by atoms with E-state index in [0.717, 1.165) is 0 Å². The van der Waals surface area contributed by atoms with Gasteiger partial charge >= 0.3 is 5.97 Å². The summed E-state index contributed by atoms with van der Waals surface area (Å²) in [5, 5.41) is 15.8. The zero-order valence-corrected chi connectivity index (χ0v) is 22.3. The molecule has 1 aliphatic carbocycles. The second-order valence-electron chi connectivity index (χ2n) is 8.02. The summed E-state index contributed by atoms with van der Waals surface area (Å²) in [6, 6.07) is 2.27. The van der Waals surface area contributed by atoms with Crippen LogP contribution in [0.1, 0.15) is 49.2 Å². The minimum Gasteiger partial charge on any atom is -0.480 e. The summed E-state index contributed by atoms with van der Waals surface area (Å²) in [6.07, 6.45) is 4.55. The van der Waals surface area contributed by atoms with Crippen molar-refractivity contribution in [1.29, 1.82) is 0 Å². The minimum atomic E-state index is -1.06. The molecule has 2 heterocycles. The van der Waals surface area contributed by atoms with E-state index < -0.39 is 29.3 Å². The van der Waals surface area contributed by atoms with Crippen LogP contribution in [0.4, 0.5) is 5.69 Å². The predicted octanol–water partition coefficient (Wildman–Crippen LogP) is 5.21. The van der Waals surface area contributed by atoms with Crippen molar-refractivity contribution in [3.05, 3.63) is 62.2 Å². The highest BCUT2D eigenvalue weighted by atomic mass is 79.9. The lowest BCUT2D eigenvalue weighted by atomic mass is 9.74. The highest BCUT2D eigenvalue weighted by Gasteiger charge is 2.47. The van der Waals surface area contributed by atoms with E-state index in [1.807, 2.05) is 6.92 Å². The summed E-state index contributed by atoms with van der Waals surface area (Å²) in [5.41, 5.74) is 0.764. The van der Waals surface area contributed by atoms with Gasteiger partial charge in [0.2, 0.25) is 0 Å². The monoisotopic (exact) mass is 590 g/mol.